The van der Waals surface area contributed by atoms with Crippen molar-refractivity contribution in [3.05, 3.63) is 290 Å². The molecule has 0 fully saturated rings. The summed E-state index contributed by atoms with van der Waals surface area (Å²) in [5.74, 6) is 0. The second-order valence-electron chi connectivity index (χ2n) is 17.9. The molecule has 0 aliphatic rings. The van der Waals surface area contributed by atoms with Crippen molar-refractivity contribution in [3.8, 4) is 112 Å². The van der Waals surface area contributed by atoms with Crippen molar-refractivity contribution in [3.63, 3.8) is 0 Å². The molecule has 4 nitrogen and oxygen atoms in total. The minimum absolute atomic E-state index is 0.703. The highest BCUT2D eigenvalue weighted by atomic mass is 35.5. The summed E-state index contributed by atoms with van der Waals surface area (Å²) in [7, 11) is 0. The Morgan fingerprint density at radius 3 is 0.838 bits per heavy atom. The van der Waals surface area contributed by atoms with Crippen LogP contribution in [0.25, 0.3) is 112 Å². The Morgan fingerprint density at radius 2 is 0.473 bits per heavy atom. The zero-order valence-corrected chi connectivity index (χ0v) is 41.6. The molecule has 0 N–H and O–H groups in total. The summed E-state index contributed by atoms with van der Waals surface area (Å²) in [4.78, 5) is 18.0. The first-order valence-corrected chi connectivity index (χ1v) is 25.1. The van der Waals surface area contributed by atoms with E-state index in [-0.39, 0.29) is 0 Å². The van der Waals surface area contributed by atoms with Gasteiger partial charge in [-0.15, -0.1) is 0 Å². The third-order valence-corrected chi connectivity index (χ3v) is 13.3. The van der Waals surface area contributed by atoms with Crippen LogP contribution < -0.4 is 0 Å². The van der Waals surface area contributed by atoms with Crippen LogP contribution >= 0.6 is 23.2 Å². The van der Waals surface area contributed by atoms with Gasteiger partial charge in [-0.3, -0.25) is 15.0 Å². The summed E-state index contributed by atoms with van der Waals surface area (Å²) in [6.45, 7) is 0. The van der Waals surface area contributed by atoms with Gasteiger partial charge in [0.15, 0.2) is 0 Å². The minimum Gasteiger partial charge on any atom is -0.264 e. The molecule has 6 heteroatoms. The summed E-state index contributed by atoms with van der Waals surface area (Å²) in [6, 6.07) is 83.9. The molecule has 0 saturated carbocycles. The van der Waals surface area contributed by atoms with E-state index in [1.54, 1.807) is 18.6 Å². The Bertz CT molecular complexity index is 3410. The van der Waals surface area contributed by atoms with Crippen LogP contribution in [0.2, 0.25) is 10.0 Å². The number of hydrogen-bond acceptors (Lipinski definition) is 4. The fraction of sp³-hybridized carbons (Fsp3) is 0. The van der Waals surface area contributed by atoms with Crippen LogP contribution in [0.4, 0.5) is 0 Å². The summed E-state index contributed by atoms with van der Waals surface area (Å²) in [6.07, 6.45) is 11.0. The molecule has 4 heterocycles. The summed E-state index contributed by atoms with van der Waals surface area (Å²) < 4.78 is 0. The number of aromatic nitrogens is 4. The van der Waals surface area contributed by atoms with Crippen molar-refractivity contribution < 1.29 is 0 Å². The molecular weight excluding hydrogens is 944 g/mol. The maximum atomic E-state index is 6.38. The number of halogens is 2. The number of benzene rings is 8. The van der Waals surface area contributed by atoms with E-state index >= 15 is 0 Å². The van der Waals surface area contributed by atoms with Gasteiger partial charge in [-0.2, -0.15) is 0 Å². The Morgan fingerprint density at radius 1 is 0.203 bits per heavy atom. The normalized spacial score (nSPS) is 10.8. The average Bonchev–Trinajstić information content (AvgIpc) is 3.48. The second-order valence-corrected chi connectivity index (χ2v) is 18.7. The van der Waals surface area contributed by atoms with Gasteiger partial charge in [-0.05, 0) is 169 Å². The first-order chi connectivity index (χ1) is 36.5. The smallest absolute Gasteiger partial charge is 0.0715 e. The Hall–Kier alpha value is -9.06. The van der Waals surface area contributed by atoms with E-state index in [0.717, 1.165) is 99.9 Å². The van der Waals surface area contributed by atoms with E-state index in [1.807, 2.05) is 79.3 Å². The first-order valence-electron chi connectivity index (χ1n) is 24.3. The molecule has 0 radical (unpaired) electrons. The molecule has 0 unspecified atom stereocenters. The molecule has 12 aromatic rings. The highest BCUT2D eigenvalue weighted by molar-refractivity contribution is 6.31. The number of hydrogen-bond donors (Lipinski definition) is 0. The van der Waals surface area contributed by atoms with Crippen LogP contribution in [0, 0.1) is 0 Å². The number of nitrogens with zero attached hydrogens (tertiary/aromatic N) is 4. The maximum Gasteiger partial charge on any atom is 0.0715 e. The summed E-state index contributed by atoms with van der Waals surface area (Å²) >= 11 is 12.7. The lowest BCUT2D eigenvalue weighted by Gasteiger charge is -2.13. The fourth-order valence-corrected chi connectivity index (χ4v) is 9.54. The van der Waals surface area contributed by atoms with Gasteiger partial charge >= 0.3 is 0 Å². The second kappa shape index (κ2) is 22.1. The predicted molar refractivity (Wildman–Crippen MR) is 308 cm³/mol. The zero-order chi connectivity index (χ0) is 50.1. The lowest BCUT2D eigenvalue weighted by Crippen LogP contribution is -1.92. The van der Waals surface area contributed by atoms with Crippen LogP contribution in [-0.4, -0.2) is 19.9 Å². The number of rotatable bonds is 10. The molecule has 0 spiro atoms. The van der Waals surface area contributed by atoms with Crippen molar-refractivity contribution in [2.45, 2.75) is 0 Å². The van der Waals surface area contributed by atoms with E-state index in [4.69, 9.17) is 28.2 Å². The topological polar surface area (TPSA) is 51.6 Å². The Kier molecular flexibility index (Phi) is 14.1. The molecule has 0 saturated heterocycles. The molecular formula is C68H46Cl2N4. The van der Waals surface area contributed by atoms with E-state index in [2.05, 4.69) is 197 Å². The zero-order valence-electron chi connectivity index (χ0n) is 40.1. The quantitative estimate of drug-likeness (QED) is 0.137. The molecule has 352 valence electrons. The maximum absolute atomic E-state index is 6.38. The van der Waals surface area contributed by atoms with Gasteiger partial charge in [-0.1, -0.05) is 169 Å². The molecule has 4 aromatic heterocycles. The van der Waals surface area contributed by atoms with Crippen LogP contribution in [0.15, 0.2) is 280 Å². The van der Waals surface area contributed by atoms with Crippen molar-refractivity contribution in [1.29, 1.82) is 0 Å². The molecule has 12 rings (SSSR count). The van der Waals surface area contributed by atoms with Gasteiger partial charge in [0.1, 0.15) is 0 Å². The van der Waals surface area contributed by atoms with E-state index in [9.17, 15) is 0 Å². The van der Waals surface area contributed by atoms with Gasteiger partial charge in [-0.25, -0.2) is 4.98 Å². The minimum atomic E-state index is 0.703. The lowest BCUT2D eigenvalue weighted by molar-refractivity contribution is 1.31. The SMILES string of the molecule is Clc1cccc(-c2cc(-c3cccc(-c4ccccc4)c3)cc(-c3cccc(-c4cccnc4)c3)c2)c1.Clc1cccc(-c2cc(-c3cccc(-c4cccnc4)c3)nc(-c3cccc(-c4cccnc4)c3)c2)c1. The molecule has 74 heavy (non-hydrogen) atoms. The van der Waals surface area contributed by atoms with Crippen LogP contribution in [-0.2, 0) is 0 Å². The standard InChI is InChI=1S/C35H24ClN.C33H22ClN3/c36-35-16-6-14-30(23-35)34-21-32(28-12-4-10-26(18-28)25-8-2-1-3-9-25)20-33(22-34)29-13-5-11-27(19-29)31-15-7-17-37-24-31;34-31-13-3-8-25(18-31)30-19-32(26-9-1-6-23(16-26)28-11-4-14-35-21-28)37-33(20-30)27-10-2-7-24(17-27)29-12-5-15-36-22-29/h1-24H;1-22H. The van der Waals surface area contributed by atoms with Crippen molar-refractivity contribution in [1.82, 2.24) is 19.9 Å². The Labute approximate surface area is 442 Å². The van der Waals surface area contributed by atoms with Crippen LogP contribution in [0.5, 0.6) is 0 Å². The highest BCUT2D eigenvalue weighted by Gasteiger charge is 2.13. The van der Waals surface area contributed by atoms with Gasteiger partial charge in [0.05, 0.1) is 11.4 Å². The van der Waals surface area contributed by atoms with Gasteiger partial charge < -0.3 is 0 Å². The molecule has 0 atom stereocenters. The van der Waals surface area contributed by atoms with Gasteiger partial charge in [0.2, 0.25) is 0 Å². The van der Waals surface area contributed by atoms with Crippen molar-refractivity contribution in [2.24, 2.45) is 0 Å². The average molecular weight is 990 g/mol. The van der Waals surface area contributed by atoms with Gasteiger partial charge in [0.25, 0.3) is 0 Å². The van der Waals surface area contributed by atoms with E-state index in [1.165, 1.54) is 16.7 Å². The molecule has 8 aromatic carbocycles. The summed E-state index contributed by atoms with van der Waals surface area (Å²) in [5, 5.41) is 1.43. The molecule has 0 amide bonds. The molecule has 0 aliphatic heterocycles. The lowest BCUT2D eigenvalue weighted by atomic mass is 9.91. The predicted octanol–water partition coefficient (Wildman–Crippen LogP) is 18.9. The highest BCUT2D eigenvalue weighted by Crippen LogP contribution is 2.38. The summed E-state index contributed by atoms with van der Waals surface area (Å²) in [5.41, 5.74) is 21.8. The Balaban J connectivity index is 0.000000159. The molecule has 0 bridgehead atoms. The number of pyridine rings is 4. The molecule has 0 aliphatic carbocycles. The third kappa shape index (κ3) is 11.2. The van der Waals surface area contributed by atoms with E-state index in [0.29, 0.717) is 5.02 Å². The largest absolute Gasteiger partial charge is 0.264 e. The first kappa shape index (κ1) is 47.3. The fourth-order valence-electron chi connectivity index (χ4n) is 9.16. The van der Waals surface area contributed by atoms with Gasteiger partial charge in [0, 0.05) is 75.0 Å². The van der Waals surface area contributed by atoms with Crippen LogP contribution in [0.1, 0.15) is 0 Å². The van der Waals surface area contributed by atoms with E-state index < -0.39 is 0 Å². The monoisotopic (exact) mass is 988 g/mol. The third-order valence-electron chi connectivity index (χ3n) is 12.9. The van der Waals surface area contributed by atoms with Crippen LogP contribution in [0.3, 0.4) is 0 Å². The van der Waals surface area contributed by atoms with Crippen molar-refractivity contribution in [2.75, 3.05) is 0 Å². The van der Waals surface area contributed by atoms with Crippen molar-refractivity contribution >= 4 is 23.2 Å².